The number of hydrogen-bond acceptors (Lipinski definition) is 4. The Morgan fingerprint density at radius 1 is 0.658 bits per heavy atom. The first-order valence-corrected chi connectivity index (χ1v) is 16.4. The zero-order valence-electron chi connectivity index (χ0n) is 20.2. The van der Waals surface area contributed by atoms with Crippen molar-refractivity contribution in [1.29, 1.82) is 0 Å². The van der Waals surface area contributed by atoms with Crippen molar-refractivity contribution in [2.45, 2.75) is 33.9 Å². The molecule has 0 spiro atoms. The summed E-state index contributed by atoms with van der Waals surface area (Å²) in [5.41, 5.74) is 0.600. The Balaban J connectivity index is 1.28. The van der Waals surface area contributed by atoms with Crippen molar-refractivity contribution in [3.05, 3.63) is 113 Å². The van der Waals surface area contributed by atoms with Gasteiger partial charge in [-0.25, -0.2) is 4.79 Å². The predicted molar refractivity (Wildman–Crippen MR) is 176 cm³/mol. The molecular formula is C30H24I3O4S+. The van der Waals surface area contributed by atoms with Crippen molar-refractivity contribution in [3.8, 4) is 5.75 Å². The molecule has 4 rings (SSSR count). The van der Waals surface area contributed by atoms with Gasteiger partial charge in [0.2, 0.25) is 0 Å². The number of benzene rings is 4. The summed E-state index contributed by atoms with van der Waals surface area (Å²) in [7, 11) is -0.248. The summed E-state index contributed by atoms with van der Waals surface area (Å²) >= 11 is 6.52. The Hall–Kier alpha value is -1.64. The van der Waals surface area contributed by atoms with E-state index in [9.17, 15) is 9.59 Å². The Labute approximate surface area is 266 Å². The minimum absolute atomic E-state index is 0.248. The molecule has 0 atom stereocenters. The molecular weight excluding hydrogens is 837 g/mol. The Morgan fingerprint density at radius 3 is 1.82 bits per heavy atom. The van der Waals surface area contributed by atoms with E-state index in [0.29, 0.717) is 24.2 Å². The van der Waals surface area contributed by atoms with E-state index in [0.717, 1.165) is 15.6 Å². The maximum Gasteiger partial charge on any atom is 0.340 e. The lowest BCUT2D eigenvalue weighted by Gasteiger charge is -2.10. The molecule has 0 bridgehead atoms. The lowest BCUT2D eigenvalue weighted by atomic mass is 10.2. The highest BCUT2D eigenvalue weighted by atomic mass is 127. The van der Waals surface area contributed by atoms with E-state index >= 15 is 0 Å². The van der Waals surface area contributed by atoms with Crippen LogP contribution in [0.1, 0.15) is 29.6 Å². The topological polar surface area (TPSA) is 52.6 Å². The van der Waals surface area contributed by atoms with E-state index in [1.807, 2.05) is 48.5 Å². The van der Waals surface area contributed by atoms with Crippen molar-refractivity contribution < 1.29 is 19.1 Å². The van der Waals surface area contributed by atoms with Crippen LogP contribution in [-0.2, 0) is 20.4 Å². The van der Waals surface area contributed by atoms with E-state index in [2.05, 4.69) is 116 Å². The van der Waals surface area contributed by atoms with Gasteiger partial charge >= 0.3 is 11.9 Å². The van der Waals surface area contributed by atoms with Crippen LogP contribution in [0.5, 0.6) is 5.75 Å². The van der Waals surface area contributed by atoms with Crippen molar-refractivity contribution in [3.63, 3.8) is 0 Å². The third-order valence-corrected chi connectivity index (χ3v) is 11.7. The van der Waals surface area contributed by atoms with Gasteiger partial charge in [-0.2, -0.15) is 0 Å². The average Bonchev–Trinajstić information content (AvgIpc) is 2.93. The molecule has 0 amide bonds. The predicted octanol–water partition coefficient (Wildman–Crippen LogP) is 8.53. The van der Waals surface area contributed by atoms with Crippen LogP contribution in [-0.4, -0.2) is 18.5 Å². The van der Waals surface area contributed by atoms with Gasteiger partial charge in [0.15, 0.2) is 14.7 Å². The van der Waals surface area contributed by atoms with Gasteiger partial charge in [-0.05, 0) is 141 Å². The molecule has 8 heteroatoms. The molecule has 0 N–H and O–H groups in total. The molecule has 0 heterocycles. The second-order valence-corrected chi connectivity index (χ2v) is 13.6. The van der Waals surface area contributed by atoms with Crippen molar-refractivity contribution in [1.82, 2.24) is 0 Å². The molecule has 0 saturated carbocycles. The van der Waals surface area contributed by atoms with Gasteiger partial charge in [0, 0.05) is 17.1 Å². The molecule has 38 heavy (non-hydrogen) atoms. The largest absolute Gasteiger partial charge is 0.462 e. The van der Waals surface area contributed by atoms with Crippen LogP contribution in [0.25, 0.3) is 0 Å². The molecule has 0 fully saturated rings. The summed E-state index contributed by atoms with van der Waals surface area (Å²) in [6.45, 7) is 0.264. The number of halogens is 3. The second kappa shape index (κ2) is 14.7. The molecule has 4 nitrogen and oxygen atoms in total. The summed E-state index contributed by atoms with van der Waals surface area (Å²) in [6, 6.07) is 32.5. The molecule has 194 valence electrons. The highest BCUT2D eigenvalue weighted by Crippen LogP contribution is 2.32. The molecule has 4 aromatic rings. The van der Waals surface area contributed by atoms with Crippen molar-refractivity contribution in [2.24, 2.45) is 0 Å². The normalized spacial score (nSPS) is 10.8. The minimum Gasteiger partial charge on any atom is -0.462 e. The van der Waals surface area contributed by atoms with Crippen LogP contribution in [0.3, 0.4) is 0 Å². The van der Waals surface area contributed by atoms with Gasteiger partial charge in [-0.1, -0.05) is 36.4 Å². The Bertz CT molecular complexity index is 1340. The number of hydrogen-bond donors (Lipinski definition) is 0. The summed E-state index contributed by atoms with van der Waals surface area (Å²) < 4.78 is 13.8. The zero-order chi connectivity index (χ0) is 26.9. The van der Waals surface area contributed by atoms with Gasteiger partial charge in [0.25, 0.3) is 0 Å². The van der Waals surface area contributed by atoms with Gasteiger partial charge < -0.3 is 9.47 Å². The maximum absolute atomic E-state index is 12.5. The monoisotopic (exact) mass is 861 g/mol. The maximum atomic E-state index is 12.5. The third kappa shape index (κ3) is 7.95. The summed E-state index contributed by atoms with van der Waals surface area (Å²) in [4.78, 5) is 28.5. The molecule has 0 aliphatic carbocycles. The minimum atomic E-state index is -0.329. The molecule has 0 aliphatic rings. The fraction of sp³-hybridized carbons (Fsp3) is 0.133. The van der Waals surface area contributed by atoms with Crippen LogP contribution in [0.4, 0.5) is 0 Å². The Kier molecular flexibility index (Phi) is 11.3. The number of esters is 2. The molecule has 0 unspecified atom stereocenters. The van der Waals surface area contributed by atoms with Crippen LogP contribution < -0.4 is 4.74 Å². The van der Waals surface area contributed by atoms with Gasteiger partial charge in [0.1, 0.15) is 5.75 Å². The zero-order valence-corrected chi connectivity index (χ0v) is 27.5. The molecule has 0 aliphatic heterocycles. The number of carbonyl (C=O) groups is 2. The fourth-order valence-corrected chi connectivity index (χ4v) is 8.08. The first-order chi connectivity index (χ1) is 18.4. The third-order valence-electron chi connectivity index (χ3n) is 5.51. The Morgan fingerprint density at radius 2 is 1.21 bits per heavy atom. The van der Waals surface area contributed by atoms with E-state index in [4.69, 9.17) is 9.47 Å². The van der Waals surface area contributed by atoms with Gasteiger partial charge in [0.05, 0.1) is 23.1 Å². The molecule has 0 aromatic heterocycles. The van der Waals surface area contributed by atoms with E-state index < -0.39 is 0 Å². The van der Waals surface area contributed by atoms with Crippen molar-refractivity contribution >= 4 is 90.6 Å². The standard InChI is InChI=1S/C30H24I3O4S/c31-25-18-19-26(32)29(33)28(25)30(35)36-20-8-7-13-27(34)37-21-14-16-24(17-15-21)38(22-9-3-1-4-10-22)23-11-5-2-6-12-23/h1-6,9-12,14-19H,7-8,13,20H2/q+1. The lowest BCUT2D eigenvalue weighted by Crippen LogP contribution is -2.12. The second-order valence-electron chi connectivity index (χ2n) is 8.19. The van der Waals surface area contributed by atoms with Crippen LogP contribution in [0.15, 0.2) is 112 Å². The van der Waals surface area contributed by atoms with E-state index in [1.165, 1.54) is 9.79 Å². The van der Waals surface area contributed by atoms with Crippen molar-refractivity contribution in [2.75, 3.05) is 6.61 Å². The van der Waals surface area contributed by atoms with E-state index in [-0.39, 0.29) is 35.9 Å². The summed E-state index contributed by atoms with van der Waals surface area (Å²) in [5.74, 6) is -0.0985. The number of carbonyl (C=O) groups excluding carboxylic acids is 2. The van der Waals surface area contributed by atoms with Gasteiger partial charge in [-0.3, -0.25) is 4.79 Å². The van der Waals surface area contributed by atoms with Crippen LogP contribution in [0, 0.1) is 10.7 Å². The highest BCUT2D eigenvalue weighted by Gasteiger charge is 2.28. The molecule has 4 aromatic carbocycles. The van der Waals surface area contributed by atoms with Crippen LogP contribution >= 0.6 is 67.8 Å². The molecule has 0 radical (unpaired) electrons. The van der Waals surface area contributed by atoms with Gasteiger partial charge in [-0.15, -0.1) is 0 Å². The number of rotatable bonds is 10. The number of ether oxygens (including phenoxy) is 2. The first kappa shape index (κ1) is 29.3. The van der Waals surface area contributed by atoms with E-state index in [1.54, 1.807) is 0 Å². The SMILES string of the molecule is O=C(CCCCOC(=O)c1c(I)ccc(I)c1I)Oc1ccc([S+](c2ccccc2)c2ccccc2)cc1. The quantitative estimate of drug-likeness (QED) is 0.0401. The highest BCUT2D eigenvalue weighted by molar-refractivity contribution is 14.1. The summed E-state index contributed by atoms with van der Waals surface area (Å²) in [6.07, 6.45) is 1.43. The first-order valence-electron chi connectivity index (χ1n) is 11.9. The smallest absolute Gasteiger partial charge is 0.340 e. The fourth-order valence-electron chi connectivity index (χ4n) is 3.67. The summed E-state index contributed by atoms with van der Waals surface area (Å²) in [5, 5.41) is 0. The number of unbranched alkanes of at least 4 members (excludes halogenated alkanes) is 1. The van der Waals surface area contributed by atoms with Crippen LogP contribution in [0.2, 0.25) is 0 Å². The average molecular weight is 861 g/mol. The lowest BCUT2D eigenvalue weighted by molar-refractivity contribution is -0.134. The molecule has 0 saturated heterocycles.